The van der Waals surface area contributed by atoms with E-state index in [2.05, 4.69) is 6.07 Å². The van der Waals surface area contributed by atoms with E-state index in [0.29, 0.717) is 44.5 Å². The molecule has 286 valence electrons. The summed E-state index contributed by atoms with van der Waals surface area (Å²) in [6.45, 7) is 0. The summed E-state index contributed by atoms with van der Waals surface area (Å²) < 4.78 is 92.5. The molecule has 9 rings (SSSR count). The maximum Gasteiger partial charge on any atom is 0.417 e. The summed E-state index contributed by atoms with van der Waals surface area (Å²) in [5.74, 6) is 0.316. The second-order valence-electron chi connectivity index (χ2n) is 13.9. The highest BCUT2D eigenvalue weighted by atomic mass is 19.4. The first-order valence-corrected chi connectivity index (χ1v) is 18.4. The molecule has 0 aliphatic carbocycles. The quantitative estimate of drug-likeness (QED) is 0.158. The number of hydrogen-bond acceptors (Lipinski definition) is 3. The van der Waals surface area contributed by atoms with Crippen molar-refractivity contribution in [1.29, 1.82) is 5.26 Å². The normalized spacial score (nSPS) is 11.9. The van der Waals surface area contributed by atoms with E-state index in [4.69, 9.17) is 9.97 Å². The molecule has 2 aromatic heterocycles. The highest BCUT2D eigenvalue weighted by Crippen LogP contribution is 2.49. The molecule has 2 heterocycles. The number of nitriles is 1. The van der Waals surface area contributed by atoms with Gasteiger partial charge in [0.1, 0.15) is 0 Å². The van der Waals surface area contributed by atoms with Crippen LogP contribution in [-0.4, -0.2) is 14.5 Å². The summed E-state index contributed by atoms with van der Waals surface area (Å²) in [7, 11) is 0. The molecule has 0 unspecified atom stereocenters. The predicted molar refractivity (Wildman–Crippen MR) is 218 cm³/mol. The highest BCUT2D eigenvalue weighted by molar-refractivity contribution is 6.11. The van der Waals surface area contributed by atoms with E-state index in [1.54, 1.807) is 59.2 Å². The maximum atomic E-state index is 15.1. The predicted octanol–water partition coefficient (Wildman–Crippen LogP) is 13.8. The van der Waals surface area contributed by atoms with Gasteiger partial charge < -0.3 is 4.57 Å². The zero-order valence-corrected chi connectivity index (χ0v) is 30.7. The van der Waals surface area contributed by atoms with Gasteiger partial charge in [-0.2, -0.15) is 31.6 Å². The van der Waals surface area contributed by atoms with Gasteiger partial charge in [0.25, 0.3) is 0 Å². The van der Waals surface area contributed by atoms with Crippen LogP contribution >= 0.6 is 0 Å². The lowest BCUT2D eigenvalue weighted by molar-refractivity contribution is -0.137. The van der Waals surface area contributed by atoms with Crippen molar-refractivity contribution in [2.45, 2.75) is 12.4 Å². The molecule has 4 nitrogen and oxygen atoms in total. The Morgan fingerprint density at radius 1 is 0.441 bits per heavy atom. The molecular formula is C49H28F6N4. The number of nitrogens with zero attached hydrogens (tertiary/aromatic N) is 4. The van der Waals surface area contributed by atoms with Gasteiger partial charge in [-0.05, 0) is 65.7 Å². The molecule has 0 radical (unpaired) electrons. The number of aromatic nitrogens is 3. The van der Waals surface area contributed by atoms with Crippen molar-refractivity contribution >= 4 is 21.8 Å². The van der Waals surface area contributed by atoms with Gasteiger partial charge in [-0.25, -0.2) is 9.97 Å². The summed E-state index contributed by atoms with van der Waals surface area (Å²) in [5, 5.41) is 11.1. The summed E-state index contributed by atoms with van der Waals surface area (Å²) in [6, 6.07) is 47.5. The number of alkyl halides is 6. The van der Waals surface area contributed by atoms with E-state index in [9.17, 15) is 5.26 Å². The fourth-order valence-corrected chi connectivity index (χ4v) is 7.72. The zero-order valence-electron chi connectivity index (χ0n) is 30.7. The lowest BCUT2D eigenvalue weighted by Gasteiger charge is -2.24. The molecule has 0 spiro atoms. The van der Waals surface area contributed by atoms with E-state index < -0.39 is 23.5 Å². The van der Waals surface area contributed by atoms with Gasteiger partial charge in [0.15, 0.2) is 5.82 Å². The number of benzene rings is 7. The molecule has 0 aliphatic heterocycles. The molecule has 0 fully saturated rings. The number of fused-ring (bicyclic) bond motifs is 3. The van der Waals surface area contributed by atoms with Gasteiger partial charge in [0.05, 0.1) is 50.9 Å². The van der Waals surface area contributed by atoms with Crippen molar-refractivity contribution in [3.05, 3.63) is 187 Å². The third kappa shape index (κ3) is 6.76. The van der Waals surface area contributed by atoms with Gasteiger partial charge in [0.2, 0.25) is 0 Å². The summed E-state index contributed by atoms with van der Waals surface area (Å²) in [6.07, 6.45) is -9.68. The van der Waals surface area contributed by atoms with Crippen LogP contribution in [0.2, 0.25) is 0 Å². The fraction of sp³-hybridized carbons (Fsp3) is 0.0408. The molecule has 0 amide bonds. The van der Waals surface area contributed by atoms with Crippen LogP contribution in [0.15, 0.2) is 170 Å². The van der Waals surface area contributed by atoms with Crippen LogP contribution in [0.25, 0.3) is 83.6 Å². The minimum atomic E-state index is -4.84. The van der Waals surface area contributed by atoms with Crippen molar-refractivity contribution in [2.24, 2.45) is 0 Å². The summed E-state index contributed by atoms with van der Waals surface area (Å²) >= 11 is 0. The van der Waals surface area contributed by atoms with Crippen molar-refractivity contribution < 1.29 is 26.3 Å². The molecule has 0 atom stereocenters. The maximum absolute atomic E-state index is 15.1. The molecule has 7 aromatic carbocycles. The van der Waals surface area contributed by atoms with Crippen molar-refractivity contribution in [3.63, 3.8) is 0 Å². The molecule has 0 N–H and O–H groups in total. The Morgan fingerprint density at radius 3 is 1.51 bits per heavy atom. The van der Waals surface area contributed by atoms with E-state index in [1.807, 2.05) is 66.7 Å². The molecular weight excluding hydrogens is 759 g/mol. The van der Waals surface area contributed by atoms with Crippen LogP contribution in [0.1, 0.15) is 16.7 Å². The van der Waals surface area contributed by atoms with Crippen LogP contribution < -0.4 is 0 Å². The van der Waals surface area contributed by atoms with Crippen molar-refractivity contribution in [3.8, 4) is 67.9 Å². The fourth-order valence-electron chi connectivity index (χ4n) is 7.72. The minimum Gasteiger partial charge on any atom is -0.308 e. The van der Waals surface area contributed by atoms with Gasteiger partial charge >= 0.3 is 12.4 Å². The standard InChI is InChI=1S/C49H28F6N4/c50-48(51,52)40-20-10-7-17-34(40)38-26-33(43-28-42(31-13-3-1-4-14-31)57-47(58-43)32-15-5-2-6-16-32)27-39(35-18-8-11-21-41(35)49(53,54)55)46(38)59-44-22-12-9-19-36(44)37-25-30(29-56)23-24-45(37)59/h1-28H. The zero-order chi connectivity index (χ0) is 40.9. The second-order valence-corrected chi connectivity index (χ2v) is 13.9. The van der Waals surface area contributed by atoms with Gasteiger partial charge in [-0.1, -0.05) is 115 Å². The average Bonchev–Trinajstić information content (AvgIpc) is 3.59. The molecule has 0 saturated carbocycles. The summed E-state index contributed by atoms with van der Waals surface area (Å²) in [4.78, 5) is 9.79. The number of rotatable bonds is 6. The first kappa shape index (κ1) is 37.1. The molecule has 0 aliphatic rings. The van der Waals surface area contributed by atoms with Gasteiger partial charge in [-0.15, -0.1) is 0 Å². The number of hydrogen-bond donors (Lipinski definition) is 0. The van der Waals surface area contributed by atoms with Crippen LogP contribution in [0, 0.1) is 11.3 Å². The molecule has 0 saturated heterocycles. The average molecular weight is 787 g/mol. The summed E-state index contributed by atoms with van der Waals surface area (Å²) in [5.41, 5.74) is 1.44. The molecule has 59 heavy (non-hydrogen) atoms. The Bertz CT molecular complexity index is 2950. The van der Waals surface area contributed by atoms with Gasteiger partial charge in [-0.3, -0.25) is 0 Å². The first-order chi connectivity index (χ1) is 28.5. The Balaban J connectivity index is 1.49. The van der Waals surface area contributed by atoms with Gasteiger partial charge in [0, 0.05) is 38.6 Å². The largest absolute Gasteiger partial charge is 0.417 e. The Hall–Kier alpha value is -7.51. The Kier molecular flexibility index (Phi) is 9.09. The van der Waals surface area contributed by atoms with E-state index in [-0.39, 0.29) is 39.2 Å². The van der Waals surface area contributed by atoms with Crippen LogP contribution in [0.5, 0.6) is 0 Å². The van der Waals surface area contributed by atoms with Crippen LogP contribution in [0.4, 0.5) is 26.3 Å². The topological polar surface area (TPSA) is 54.5 Å². The first-order valence-electron chi connectivity index (χ1n) is 18.4. The van der Waals surface area contributed by atoms with E-state index in [1.165, 1.54) is 36.4 Å². The van der Waals surface area contributed by atoms with Crippen molar-refractivity contribution in [2.75, 3.05) is 0 Å². The van der Waals surface area contributed by atoms with E-state index in [0.717, 1.165) is 17.7 Å². The number of para-hydroxylation sites is 1. The SMILES string of the molecule is N#Cc1ccc2c(c1)c1ccccc1n2-c1c(-c2ccccc2C(F)(F)F)cc(-c2cc(-c3ccccc3)nc(-c3ccccc3)n2)cc1-c1ccccc1C(F)(F)F. The Labute approximate surface area is 333 Å². The third-order valence-corrected chi connectivity index (χ3v) is 10.3. The van der Waals surface area contributed by atoms with E-state index >= 15 is 26.3 Å². The smallest absolute Gasteiger partial charge is 0.308 e. The van der Waals surface area contributed by atoms with Crippen LogP contribution in [-0.2, 0) is 12.4 Å². The molecule has 10 heteroatoms. The number of halogens is 6. The monoisotopic (exact) mass is 786 g/mol. The lowest BCUT2D eigenvalue weighted by Crippen LogP contribution is -2.11. The lowest BCUT2D eigenvalue weighted by atomic mass is 9.88. The van der Waals surface area contributed by atoms with Crippen LogP contribution in [0.3, 0.4) is 0 Å². The van der Waals surface area contributed by atoms with Crippen molar-refractivity contribution in [1.82, 2.24) is 14.5 Å². The Morgan fingerprint density at radius 2 is 0.932 bits per heavy atom. The minimum absolute atomic E-state index is 0.00977. The highest BCUT2D eigenvalue weighted by Gasteiger charge is 2.37. The second kappa shape index (κ2) is 14.5. The molecule has 0 bridgehead atoms. The third-order valence-electron chi connectivity index (χ3n) is 10.3. The molecule has 9 aromatic rings.